The summed E-state index contributed by atoms with van der Waals surface area (Å²) in [7, 11) is 0. The predicted octanol–water partition coefficient (Wildman–Crippen LogP) is 2.87. The van der Waals surface area contributed by atoms with Crippen molar-refractivity contribution in [1.82, 2.24) is 5.32 Å². The Balaban J connectivity index is 3.29. The normalized spacial score (nSPS) is 12.5. The predicted molar refractivity (Wildman–Crippen MR) is 56.7 cm³/mol. The molecule has 2 nitrogen and oxygen atoms in total. The van der Waals surface area contributed by atoms with Gasteiger partial charge in [0.25, 0.3) is 0 Å². The molecule has 0 heterocycles. The van der Waals surface area contributed by atoms with E-state index < -0.39 is 0 Å². The van der Waals surface area contributed by atoms with Crippen LogP contribution in [0, 0.1) is 0 Å². The second kappa shape index (κ2) is 8.09. The van der Waals surface area contributed by atoms with Crippen molar-refractivity contribution >= 4 is 5.91 Å². The zero-order valence-corrected chi connectivity index (χ0v) is 9.23. The largest absolute Gasteiger partial charge is 0.354 e. The first-order valence-corrected chi connectivity index (χ1v) is 5.50. The Hall–Kier alpha value is -0.530. The highest BCUT2D eigenvalue weighted by Gasteiger charge is 2.03. The summed E-state index contributed by atoms with van der Waals surface area (Å²) < 4.78 is 0. The number of amides is 1. The zero-order chi connectivity index (χ0) is 10.1. The molecule has 0 radical (unpaired) electrons. The molecule has 2 heteroatoms. The quantitative estimate of drug-likeness (QED) is 0.607. The Morgan fingerprint density at radius 1 is 1.23 bits per heavy atom. The highest BCUT2D eigenvalue weighted by Crippen LogP contribution is 2.05. The van der Waals surface area contributed by atoms with Gasteiger partial charge in [-0.05, 0) is 13.3 Å². The maximum atomic E-state index is 11.0. The number of unbranched alkanes of at least 4 members (excludes halogenated alkanes) is 3. The minimum absolute atomic E-state index is 0.169. The molecule has 1 amide bonds. The van der Waals surface area contributed by atoms with E-state index in [1.807, 2.05) is 6.92 Å². The van der Waals surface area contributed by atoms with Gasteiger partial charge in [0.15, 0.2) is 0 Å². The molecular weight excluding hydrogens is 162 g/mol. The van der Waals surface area contributed by atoms with Crippen molar-refractivity contribution in [3.05, 3.63) is 0 Å². The van der Waals surface area contributed by atoms with Crippen molar-refractivity contribution in [3.63, 3.8) is 0 Å². The number of hydrogen-bond donors (Lipinski definition) is 1. The third kappa shape index (κ3) is 7.82. The lowest BCUT2D eigenvalue weighted by Crippen LogP contribution is -2.31. The first kappa shape index (κ1) is 12.5. The molecular formula is C11H23NO. The third-order valence-corrected chi connectivity index (χ3v) is 2.22. The van der Waals surface area contributed by atoms with Gasteiger partial charge in [0.1, 0.15) is 0 Å². The van der Waals surface area contributed by atoms with Gasteiger partial charge >= 0.3 is 0 Å². The highest BCUT2D eigenvalue weighted by molar-refractivity contribution is 5.75. The lowest BCUT2D eigenvalue weighted by atomic mass is 10.1. The molecule has 0 aliphatic carbocycles. The fourth-order valence-electron chi connectivity index (χ4n) is 1.33. The molecule has 13 heavy (non-hydrogen) atoms. The van der Waals surface area contributed by atoms with Gasteiger partial charge < -0.3 is 5.32 Å². The minimum Gasteiger partial charge on any atom is -0.354 e. The molecule has 0 saturated heterocycles. The van der Waals surface area contributed by atoms with Crippen LogP contribution in [0.1, 0.15) is 59.3 Å². The molecule has 1 N–H and O–H groups in total. The van der Waals surface area contributed by atoms with Crippen molar-refractivity contribution < 1.29 is 4.79 Å². The first-order chi connectivity index (χ1) is 6.20. The van der Waals surface area contributed by atoms with E-state index in [0.29, 0.717) is 12.5 Å². The van der Waals surface area contributed by atoms with Gasteiger partial charge in [-0.3, -0.25) is 4.79 Å². The molecule has 0 aromatic carbocycles. The van der Waals surface area contributed by atoms with Crippen LogP contribution in [-0.2, 0) is 4.79 Å². The van der Waals surface area contributed by atoms with E-state index >= 15 is 0 Å². The van der Waals surface area contributed by atoms with Crippen molar-refractivity contribution in [2.45, 2.75) is 65.3 Å². The Morgan fingerprint density at radius 2 is 1.92 bits per heavy atom. The summed E-state index contributed by atoms with van der Waals surface area (Å²) in [5.41, 5.74) is 0. The van der Waals surface area contributed by atoms with Gasteiger partial charge in [0.05, 0.1) is 0 Å². The van der Waals surface area contributed by atoms with Crippen LogP contribution in [-0.4, -0.2) is 11.9 Å². The molecule has 0 aromatic rings. The average molecular weight is 185 g/mol. The van der Waals surface area contributed by atoms with Gasteiger partial charge in [-0.2, -0.15) is 0 Å². The third-order valence-electron chi connectivity index (χ3n) is 2.22. The molecule has 0 fully saturated rings. The summed E-state index contributed by atoms with van der Waals surface area (Å²) in [6.07, 6.45) is 6.83. The Kier molecular flexibility index (Phi) is 7.76. The number of carbonyl (C=O) groups excluding carboxylic acids is 1. The van der Waals surface area contributed by atoms with Crippen molar-refractivity contribution in [2.75, 3.05) is 0 Å². The van der Waals surface area contributed by atoms with E-state index in [0.717, 1.165) is 6.42 Å². The Labute approximate surface area is 82.1 Å². The molecule has 1 atom stereocenters. The summed E-state index contributed by atoms with van der Waals surface area (Å²) in [5.74, 6) is 0.169. The van der Waals surface area contributed by atoms with Crippen LogP contribution in [0.4, 0.5) is 0 Å². The second-order valence-corrected chi connectivity index (χ2v) is 3.67. The fourth-order valence-corrected chi connectivity index (χ4v) is 1.33. The van der Waals surface area contributed by atoms with Crippen LogP contribution in [0.15, 0.2) is 0 Å². The number of rotatable bonds is 7. The van der Waals surface area contributed by atoms with Crippen LogP contribution >= 0.6 is 0 Å². The van der Waals surface area contributed by atoms with Gasteiger partial charge in [0.2, 0.25) is 5.91 Å². The van der Waals surface area contributed by atoms with E-state index in [1.165, 1.54) is 25.7 Å². The van der Waals surface area contributed by atoms with E-state index in [2.05, 4.69) is 19.2 Å². The Bertz CT molecular complexity index is 134. The van der Waals surface area contributed by atoms with Crippen molar-refractivity contribution in [3.8, 4) is 0 Å². The van der Waals surface area contributed by atoms with E-state index in [1.54, 1.807) is 0 Å². The van der Waals surface area contributed by atoms with E-state index in [-0.39, 0.29) is 5.91 Å². The maximum absolute atomic E-state index is 11.0. The number of hydrogen-bond acceptors (Lipinski definition) is 1. The van der Waals surface area contributed by atoms with Crippen LogP contribution in [0.2, 0.25) is 0 Å². The van der Waals surface area contributed by atoms with Gasteiger partial charge in [-0.1, -0.05) is 39.5 Å². The summed E-state index contributed by atoms with van der Waals surface area (Å²) in [4.78, 5) is 11.0. The number of nitrogens with one attached hydrogen (secondary N) is 1. The second-order valence-electron chi connectivity index (χ2n) is 3.67. The van der Waals surface area contributed by atoms with E-state index in [4.69, 9.17) is 0 Å². The zero-order valence-electron chi connectivity index (χ0n) is 9.23. The first-order valence-electron chi connectivity index (χ1n) is 5.50. The summed E-state index contributed by atoms with van der Waals surface area (Å²) in [6.45, 7) is 6.18. The summed E-state index contributed by atoms with van der Waals surface area (Å²) >= 11 is 0. The molecule has 0 aliphatic rings. The SMILES string of the molecule is CCCCCC[C@H](C)NC(=O)CC. The lowest BCUT2D eigenvalue weighted by molar-refractivity contribution is -0.121. The fraction of sp³-hybridized carbons (Fsp3) is 0.909. The van der Waals surface area contributed by atoms with Crippen LogP contribution in [0.3, 0.4) is 0 Å². The molecule has 0 bridgehead atoms. The molecule has 0 saturated carbocycles. The molecule has 0 rings (SSSR count). The van der Waals surface area contributed by atoms with Gasteiger partial charge in [-0.25, -0.2) is 0 Å². The molecule has 78 valence electrons. The molecule has 0 aliphatic heterocycles. The van der Waals surface area contributed by atoms with Crippen LogP contribution in [0.25, 0.3) is 0 Å². The topological polar surface area (TPSA) is 29.1 Å². The highest BCUT2D eigenvalue weighted by atomic mass is 16.1. The molecule has 0 unspecified atom stereocenters. The Morgan fingerprint density at radius 3 is 2.46 bits per heavy atom. The van der Waals surface area contributed by atoms with E-state index in [9.17, 15) is 4.79 Å². The van der Waals surface area contributed by atoms with Crippen LogP contribution < -0.4 is 5.32 Å². The van der Waals surface area contributed by atoms with Crippen LogP contribution in [0.5, 0.6) is 0 Å². The number of carbonyl (C=O) groups is 1. The summed E-state index contributed by atoms with van der Waals surface area (Å²) in [5, 5.41) is 2.97. The summed E-state index contributed by atoms with van der Waals surface area (Å²) in [6, 6.07) is 0.351. The molecule has 0 aromatic heterocycles. The maximum Gasteiger partial charge on any atom is 0.219 e. The van der Waals surface area contributed by atoms with Gasteiger partial charge in [-0.15, -0.1) is 0 Å². The minimum atomic E-state index is 0.169. The van der Waals surface area contributed by atoms with Crippen molar-refractivity contribution in [2.24, 2.45) is 0 Å². The van der Waals surface area contributed by atoms with Gasteiger partial charge in [0, 0.05) is 12.5 Å². The van der Waals surface area contributed by atoms with Crippen molar-refractivity contribution in [1.29, 1.82) is 0 Å². The standard InChI is InChI=1S/C11H23NO/c1-4-6-7-8-9-10(3)12-11(13)5-2/h10H,4-9H2,1-3H3,(H,12,13)/t10-/m0/s1. The smallest absolute Gasteiger partial charge is 0.219 e. The average Bonchev–Trinajstić information content (AvgIpc) is 2.12. The monoisotopic (exact) mass is 185 g/mol. The molecule has 0 spiro atoms. The lowest BCUT2D eigenvalue weighted by Gasteiger charge is -2.12.